The molecule has 1 heterocycles. The standard InChI is InChI=1S/C21H36N4O2/c1-5-27-20-14-17(10-11-19(20)26-4)8-6-12-23-21(22-2)24-15-18-9-7-13-25(3)16-18/h10-11,14,18H,5-9,12-13,15-16H2,1-4H3,(H2,22,23,24). The van der Waals surface area contributed by atoms with Gasteiger partial charge in [0, 0.05) is 26.7 Å². The summed E-state index contributed by atoms with van der Waals surface area (Å²) in [6, 6.07) is 6.17. The van der Waals surface area contributed by atoms with Crippen molar-refractivity contribution < 1.29 is 9.47 Å². The van der Waals surface area contributed by atoms with Gasteiger partial charge in [-0.3, -0.25) is 4.99 Å². The van der Waals surface area contributed by atoms with E-state index in [2.05, 4.69) is 39.7 Å². The molecule has 2 N–H and O–H groups in total. The summed E-state index contributed by atoms with van der Waals surface area (Å²) in [6.45, 7) is 6.89. The molecule has 0 aliphatic carbocycles. The quantitative estimate of drug-likeness (QED) is 0.394. The van der Waals surface area contributed by atoms with Crippen molar-refractivity contribution in [3.8, 4) is 11.5 Å². The summed E-state index contributed by atoms with van der Waals surface area (Å²) in [4.78, 5) is 6.76. The average Bonchev–Trinajstić information content (AvgIpc) is 2.68. The van der Waals surface area contributed by atoms with Crippen LogP contribution >= 0.6 is 0 Å². The van der Waals surface area contributed by atoms with Crippen LogP contribution in [-0.2, 0) is 6.42 Å². The lowest BCUT2D eigenvalue weighted by Crippen LogP contribution is -2.43. The summed E-state index contributed by atoms with van der Waals surface area (Å²) < 4.78 is 11.0. The predicted molar refractivity (Wildman–Crippen MR) is 112 cm³/mol. The van der Waals surface area contributed by atoms with Gasteiger partial charge >= 0.3 is 0 Å². The van der Waals surface area contributed by atoms with Crippen molar-refractivity contribution in [1.29, 1.82) is 0 Å². The maximum Gasteiger partial charge on any atom is 0.190 e. The Morgan fingerprint density at radius 1 is 1.30 bits per heavy atom. The van der Waals surface area contributed by atoms with Crippen molar-refractivity contribution in [2.45, 2.75) is 32.6 Å². The van der Waals surface area contributed by atoms with Crippen LogP contribution in [0.5, 0.6) is 11.5 Å². The topological polar surface area (TPSA) is 58.1 Å². The molecule has 0 amide bonds. The molecule has 2 rings (SSSR count). The third-order valence-electron chi connectivity index (χ3n) is 4.97. The van der Waals surface area contributed by atoms with E-state index in [-0.39, 0.29) is 0 Å². The zero-order valence-corrected chi connectivity index (χ0v) is 17.4. The lowest BCUT2D eigenvalue weighted by atomic mass is 9.99. The first-order chi connectivity index (χ1) is 13.2. The van der Waals surface area contributed by atoms with Gasteiger partial charge in [0.05, 0.1) is 13.7 Å². The largest absolute Gasteiger partial charge is 0.493 e. The molecule has 1 fully saturated rings. The number of rotatable bonds is 9. The molecule has 0 radical (unpaired) electrons. The van der Waals surface area contributed by atoms with E-state index in [1.54, 1.807) is 7.11 Å². The van der Waals surface area contributed by atoms with Crippen LogP contribution in [0.25, 0.3) is 0 Å². The van der Waals surface area contributed by atoms with Gasteiger partial charge in [0.25, 0.3) is 0 Å². The van der Waals surface area contributed by atoms with Crippen molar-refractivity contribution in [3.05, 3.63) is 23.8 Å². The van der Waals surface area contributed by atoms with Gasteiger partial charge < -0.3 is 25.0 Å². The zero-order valence-electron chi connectivity index (χ0n) is 17.4. The van der Waals surface area contributed by atoms with E-state index in [0.29, 0.717) is 12.5 Å². The fourth-order valence-electron chi connectivity index (χ4n) is 3.55. The van der Waals surface area contributed by atoms with Gasteiger partial charge in [-0.25, -0.2) is 0 Å². The van der Waals surface area contributed by atoms with E-state index in [1.807, 2.05) is 20.0 Å². The summed E-state index contributed by atoms with van der Waals surface area (Å²) in [5, 5.41) is 6.90. The number of aliphatic imine (C=N–C) groups is 1. The second-order valence-electron chi connectivity index (χ2n) is 7.17. The lowest BCUT2D eigenvalue weighted by Gasteiger charge is -2.30. The van der Waals surface area contributed by atoms with Crippen LogP contribution in [0.4, 0.5) is 0 Å². The van der Waals surface area contributed by atoms with Gasteiger partial charge in [-0.05, 0) is 69.8 Å². The minimum absolute atomic E-state index is 0.639. The number of likely N-dealkylation sites (tertiary alicyclic amines) is 1. The van der Waals surface area contributed by atoms with E-state index >= 15 is 0 Å². The van der Waals surface area contributed by atoms with Crippen LogP contribution in [0.2, 0.25) is 0 Å². The molecule has 1 aliphatic heterocycles. The summed E-state index contributed by atoms with van der Waals surface area (Å²) in [5.74, 6) is 3.21. The average molecular weight is 377 g/mol. The minimum atomic E-state index is 0.639. The van der Waals surface area contributed by atoms with E-state index in [1.165, 1.54) is 31.5 Å². The maximum absolute atomic E-state index is 5.65. The van der Waals surface area contributed by atoms with Crippen LogP contribution in [-0.4, -0.2) is 64.9 Å². The highest BCUT2D eigenvalue weighted by atomic mass is 16.5. The van der Waals surface area contributed by atoms with Gasteiger partial charge in [0.2, 0.25) is 0 Å². The Kier molecular flexibility index (Phi) is 9.25. The number of ether oxygens (including phenoxy) is 2. The van der Waals surface area contributed by atoms with Crippen molar-refractivity contribution in [2.75, 3.05) is 54.0 Å². The first-order valence-corrected chi connectivity index (χ1v) is 10.1. The molecule has 1 aliphatic rings. The molecule has 0 saturated carbocycles. The van der Waals surface area contributed by atoms with Crippen molar-refractivity contribution in [1.82, 2.24) is 15.5 Å². The highest BCUT2D eigenvalue weighted by molar-refractivity contribution is 5.79. The summed E-state index contributed by atoms with van der Waals surface area (Å²) in [7, 11) is 5.71. The smallest absolute Gasteiger partial charge is 0.190 e. The van der Waals surface area contributed by atoms with Gasteiger partial charge in [-0.2, -0.15) is 0 Å². The fourth-order valence-corrected chi connectivity index (χ4v) is 3.55. The molecule has 1 aromatic rings. The van der Waals surface area contributed by atoms with Crippen molar-refractivity contribution in [2.24, 2.45) is 10.9 Å². The SMILES string of the molecule is CCOc1cc(CCCNC(=NC)NCC2CCCN(C)C2)ccc1OC. The normalized spacial score (nSPS) is 18.2. The molecule has 6 nitrogen and oxygen atoms in total. The number of nitrogens with one attached hydrogen (secondary N) is 2. The van der Waals surface area contributed by atoms with Crippen LogP contribution in [0.15, 0.2) is 23.2 Å². The molecule has 0 spiro atoms. The molecule has 1 unspecified atom stereocenters. The molecule has 152 valence electrons. The Morgan fingerprint density at radius 3 is 2.85 bits per heavy atom. The first-order valence-electron chi connectivity index (χ1n) is 10.1. The van der Waals surface area contributed by atoms with Crippen molar-refractivity contribution in [3.63, 3.8) is 0 Å². The summed E-state index contributed by atoms with van der Waals surface area (Å²) >= 11 is 0. The number of methoxy groups -OCH3 is 1. The zero-order chi connectivity index (χ0) is 19.5. The van der Waals surface area contributed by atoms with E-state index < -0.39 is 0 Å². The molecular weight excluding hydrogens is 340 g/mol. The fraction of sp³-hybridized carbons (Fsp3) is 0.667. The van der Waals surface area contributed by atoms with Gasteiger partial charge in [0.15, 0.2) is 17.5 Å². The number of guanidine groups is 1. The van der Waals surface area contributed by atoms with E-state index in [4.69, 9.17) is 9.47 Å². The number of hydrogen-bond acceptors (Lipinski definition) is 4. The monoisotopic (exact) mass is 376 g/mol. The minimum Gasteiger partial charge on any atom is -0.493 e. The Labute approximate surface area is 164 Å². The van der Waals surface area contributed by atoms with Gasteiger partial charge in [-0.15, -0.1) is 0 Å². The van der Waals surface area contributed by atoms with Crippen LogP contribution in [0, 0.1) is 5.92 Å². The molecule has 1 aromatic carbocycles. The van der Waals surface area contributed by atoms with Crippen LogP contribution in [0.3, 0.4) is 0 Å². The lowest BCUT2D eigenvalue weighted by molar-refractivity contribution is 0.210. The Bertz CT molecular complexity index is 592. The van der Waals surface area contributed by atoms with E-state index in [0.717, 1.165) is 43.4 Å². The number of piperidine rings is 1. The Morgan fingerprint density at radius 2 is 2.15 bits per heavy atom. The van der Waals surface area contributed by atoms with Crippen LogP contribution in [0.1, 0.15) is 31.7 Å². The summed E-state index contributed by atoms with van der Waals surface area (Å²) in [5.41, 5.74) is 1.26. The second kappa shape index (κ2) is 11.7. The molecule has 0 bridgehead atoms. The van der Waals surface area contributed by atoms with Gasteiger partial charge in [0.1, 0.15) is 0 Å². The first kappa shape index (κ1) is 21.4. The third kappa shape index (κ3) is 7.29. The molecule has 1 atom stereocenters. The molecule has 0 aromatic heterocycles. The third-order valence-corrected chi connectivity index (χ3v) is 4.97. The molecule has 27 heavy (non-hydrogen) atoms. The van der Waals surface area contributed by atoms with Crippen LogP contribution < -0.4 is 20.1 Å². The number of hydrogen-bond donors (Lipinski definition) is 2. The number of benzene rings is 1. The summed E-state index contributed by atoms with van der Waals surface area (Å²) in [6.07, 6.45) is 4.61. The predicted octanol–water partition coefficient (Wildman–Crippen LogP) is 2.53. The highest BCUT2D eigenvalue weighted by Gasteiger charge is 2.17. The van der Waals surface area contributed by atoms with Crippen molar-refractivity contribution >= 4 is 5.96 Å². The Hall–Kier alpha value is -1.95. The highest BCUT2D eigenvalue weighted by Crippen LogP contribution is 2.28. The molecule has 1 saturated heterocycles. The van der Waals surface area contributed by atoms with E-state index in [9.17, 15) is 0 Å². The van der Waals surface area contributed by atoms with Gasteiger partial charge in [-0.1, -0.05) is 6.07 Å². The maximum atomic E-state index is 5.65. The molecular formula is C21H36N4O2. The molecule has 6 heteroatoms. The second-order valence-corrected chi connectivity index (χ2v) is 7.17. The number of aryl methyl sites for hydroxylation is 1. The Balaban J connectivity index is 1.70. The number of nitrogens with zero attached hydrogens (tertiary/aromatic N) is 2.